The van der Waals surface area contributed by atoms with E-state index in [0.717, 1.165) is 24.1 Å². The molecular formula is C29H33FN2O4S. The molecular weight excluding hydrogens is 491 g/mol. The number of rotatable bonds is 8. The van der Waals surface area contributed by atoms with Crippen molar-refractivity contribution < 1.29 is 22.3 Å². The molecule has 3 atom stereocenters. The second kappa shape index (κ2) is 9.71. The number of benzene rings is 1. The fourth-order valence-electron chi connectivity index (χ4n) is 5.29. The Balaban J connectivity index is 1.48. The number of fused-ring (bicyclic) bond motifs is 1. The van der Waals surface area contributed by atoms with Crippen LogP contribution in [0.2, 0.25) is 0 Å². The third kappa shape index (κ3) is 5.08. The summed E-state index contributed by atoms with van der Waals surface area (Å²) in [7, 11) is -3.67. The van der Waals surface area contributed by atoms with Crippen molar-refractivity contribution in [3.05, 3.63) is 77.9 Å². The topological polar surface area (TPSA) is 76.6 Å². The molecule has 5 rings (SSSR count). The van der Waals surface area contributed by atoms with Gasteiger partial charge in [0.2, 0.25) is 20.7 Å². The molecule has 37 heavy (non-hydrogen) atoms. The zero-order valence-corrected chi connectivity index (χ0v) is 22.2. The zero-order chi connectivity index (χ0) is 26.4. The van der Waals surface area contributed by atoms with Crippen LogP contribution in [0.5, 0.6) is 5.75 Å². The summed E-state index contributed by atoms with van der Waals surface area (Å²) >= 11 is 0. The lowest BCUT2D eigenvalue weighted by Gasteiger charge is -2.34. The van der Waals surface area contributed by atoms with Crippen LogP contribution in [-0.4, -0.2) is 29.1 Å². The highest BCUT2D eigenvalue weighted by molar-refractivity contribution is 7.93. The van der Waals surface area contributed by atoms with Crippen LogP contribution < -0.4 is 4.74 Å². The lowest BCUT2D eigenvalue weighted by Crippen LogP contribution is -2.37. The molecule has 1 saturated carbocycles. The molecule has 1 aromatic carbocycles. The van der Waals surface area contributed by atoms with Crippen LogP contribution in [0.15, 0.2) is 71.5 Å². The Morgan fingerprint density at radius 3 is 2.68 bits per heavy atom. The normalized spacial score (nSPS) is 22.9. The van der Waals surface area contributed by atoms with Gasteiger partial charge in [-0.2, -0.15) is 0 Å². The number of carbonyl (C=O) groups is 1. The quantitative estimate of drug-likeness (QED) is 0.429. The van der Waals surface area contributed by atoms with E-state index in [9.17, 15) is 17.6 Å². The smallest absolute Gasteiger partial charge is 0.223 e. The van der Waals surface area contributed by atoms with Gasteiger partial charge in [0.15, 0.2) is 0 Å². The minimum absolute atomic E-state index is 0.0154. The maximum absolute atomic E-state index is 13.9. The van der Waals surface area contributed by atoms with E-state index in [1.807, 2.05) is 42.2 Å². The number of nitrogens with zero attached hydrogens (tertiary/aromatic N) is 2. The zero-order valence-electron chi connectivity index (χ0n) is 21.4. The van der Waals surface area contributed by atoms with Gasteiger partial charge in [-0.25, -0.2) is 12.8 Å². The van der Waals surface area contributed by atoms with Crippen LogP contribution in [0.25, 0.3) is 0 Å². The van der Waals surface area contributed by atoms with Crippen molar-refractivity contribution in [2.24, 2.45) is 17.8 Å². The summed E-state index contributed by atoms with van der Waals surface area (Å²) in [5.41, 5.74) is 1.57. The lowest BCUT2D eigenvalue weighted by atomic mass is 9.85. The number of halogens is 1. The van der Waals surface area contributed by atoms with E-state index in [4.69, 9.17) is 4.74 Å². The number of hydrogen-bond acceptors (Lipinski definition) is 5. The maximum Gasteiger partial charge on any atom is 0.223 e. The largest absolute Gasteiger partial charge is 0.470 e. The summed E-state index contributed by atoms with van der Waals surface area (Å²) in [6.45, 7) is 5.46. The molecule has 2 aliphatic carbocycles. The average Bonchev–Trinajstić information content (AvgIpc) is 3.67. The first kappa shape index (κ1) is 25.6. The van der Waals surface area contributed by atoms with E-state index in [1.54, 1.807) is 38.3 Å². The highest BCUT2D eigenvalue weighted by Gasteiger charge is 2.47. The van der Waals surface area contributed by atoms with E-state index in [1.165, 1.54) is 6.08 Å². The van der Waals surface area contributed by atoms with Crippen LogP contribution in [0.1, 0.15) is 63.8 Å². The summed E-state index contributed by atoms with van der Waals surface area (Å²) in [5, 5.41) is 0. The third-order valence-corrected chi connectivity index (χ3v) is 9.98. The highest BCUT2D eigenvalue weighted by atomic mass is 32.2. The summed E-state index contributed by atoms with van der Waals surface area (Å²) in [6, 6.07) is 10.7. The van der Waals surface area contributed by atoms with Gasteiger partial charge >= 0.3 is 0 Å². The number of allylic oxidation sites excluding steroid dienone is 4. The van der Waals surface area contributed by atoms with Gasteiger partial charge in [-0.3, -0.25) is 9.78 Å². The van der Waals surface area contributed by atoms with Gasteiger partial charge in [0, 0.05) is 12.6 Å². The number of amides is 1. The molecule has 1 aromatic heterocycles. The Labute approximate surface area is 218 Å². The number of carbonyl (C=O) groups excluding carboxylic acids is 1. The third-order valence-electron chi connectivity index (χ3n) is 7.70. The summed E-state index contributed by atoms with van der Waals surface area (Å²) in [6.07, 6.45) is 9.41. The van der Waals surface area contributed by atoms with Crippen LogP contribution in [0, 0.1) is 17.8 Å². The van der Waals surface area contributed by atoms with Crippen LogP contribution in [-0.2, 0) is 21.2 Å². The molecule has 0 N–H and O–H groups in total. The van der Waals surface area contributed by atoms with Crippen LogP contribution >= 0.6 is 0 Å². The Kier molecular flexibility index (Phi) is 6.73. The fraction of sp³-hybridized carbons (Fsp3) is 0.448. The van der Waals surface area contributed by atoms with Crippen molar-refractivity contribution in [1.82, 2.24) is 9.88 Å². The van der Waals surface area contributed by atoms with Gasteiger partial charge in [-0.05, 0) is 92.8 Å². The van der Waals surface area contributed by atoms with Crippen molar-refractivity contribution in [3.8, 4) is 5.75 Å². The molecule has 0 radical (unpaired) electrons. The second-order valence-electron chi connectivity index (χ2n) is 10.9. The van der Waals surface area contributed by atoms with E-state index in [0.29, 0.717) is 25.1 Å². The van der Waals surface area contributed by atoms with Gasteiger partial charge in [0.05, 0.1) is 18.3 Å². The van der Waals surface area contributed by atoms with Crippen LogP contribution in [0.3, 0.4) is 0 Å². The monoisotopic (exact) mass is 524 g/mol. The molecule has 2 heterocycles. The minimum Gasteiger partial charge on any atom is -0.470 e. The molecule has 8 heteroatoms. The highest BCUT2D eigenvalue weighted by Crippen LogP contribution is 2.49. The van der Waals surface area contributed by atoms with Gasteiger partial charge in [0.1, 0.15) is 16.5 Å². The Morgan fingerprint density at radius 1 is 1.24 bits per heavy atom. The second-order valence-corrected chi connectivity index (χ2v) is 13.3. The summed E-state index contributed by atoms with van der Waals surface area (Å²) < 4.78 is 45.5. The van der Waals surface area contributed by atoms with Crippen molar-refractivity contribution >= 4 is 15.7 Å². The minimum atomic E-state index is -3.67. The van der Waals surface area contributed by atoms with Crippen molar-refractivity contribution in [3.63, 3.8) is 0 Å². The predicted molar refractivity (Wildman–Crippen MR) is 139 cm³/mol. The Morgan fingerprint density at radius 2 is 2.03 bits per heavy atom. The first-order valence-corrected chi connectivity index (χ1v) is 14.4. The van der Waals surface area contributed by atoms with Gasteiger partial charge in [-0.15, -0.1) is 0 Å². The molecule has 1 fully saturated rings. The Hall–Kier alpha value is -3.00. The number of ether oxygens (including phenoxy) is 1. The summed E-state index contributed by atoms with van der Waals surface area (Å²) in [4.78, 5) is 19.1. The number of sulfone groups is 1. The molecule has 0 bridgehead atoms. The van der Waals surface area contributed by atoms with Gasteiger partial charge < -0.3 is 9.64 Å². The molecule has 196 valence electrons. The molecule has 2 aromatic rings. The standard InChI is InChI=1S/C29H33FN2O4S/c1-19(20-9-12-23(30)13-10-20)16-27(33)32(18-24-6-4-5-15-31-24)28(21-7-8-21)22-11-14-25-26(17-22)37(34,35)29(2,3)36-25/h4-6,9,11-15,17,19-21,28H,7-8,10,16,18H2,1-3H3/t19-,20?,28?/m1/s1. The van der Waals surface area contributed by atoms with Crippen LogP contribution in [0.4, 0.5) is 4.39 Å². The first-order valence-electron chi connectivity index (χ1n) is 12.9. The Bertz CT molecular complexity index is 1350. The molecule has 1 amide bonds. The maximum atomic E-state index is 13.9. The first-order chi connectivity index (χ1) is 17.6. The molecule has 6 nitrogen and oxygen atoms in total. The molecule has 1 aliphatic heterocycles. The number of aromatic nitrogens is 1. The number of pyridine rings is 1. The van der Waals surface area contributed by atoms with E-state index >= 15 is 0 Å². The molecule has 3 aliphatic rings. The van der Waals surface area contributed by atoms with Crippen molar-refractivity contribution in [2.45, 2.75) is 68.9 Å². The van der Waals surface area contributed by atoms with E-state index in [-0.39, 0.29) is 40.4 Å². The van der Waals surface area contributed by atoms with Crippen molar-refractivity contribution in [2.75, 3.05) is 0 Å². The van der Waals surface area contributed by atoms with Gasteiger partial charge in [-0.1, -0.05) is 25.1 Å². The fourth-order valence-corrected chi connectivity index (χ4v) is 6.69. The predicted octanol–water partition coefficient (Wildman–Crippen LogP) is 5.92. The average molecular weight is 525 g/mol. The van der Waals surface area contributed by atoms with E-state index < -0.39 is 14.8 Å². The molecule has 0 spiro atoms. The summed E-state index contributed by atoms with van der Waals surface area (Å²) in [5.74, 6) is 0.449. The van der Waals surface area contributed by atoms with Crippen molar-refractivity contribution in [1.29, 1.82) is 0 Å². The lowest BCUT2D eigenvalue weighted by molar-refractivity contribution is -0.136. The molecule has 2 unspecified atom stereocenters. The SMILES string of the molecule is C[C@H](CC(=O)N(Cc1ccccn1)C(c1ccc2c(c1)S(=O)(=O)C(C)(C)O2)C1CC1)C1C=CC(F)=CC1. The van der Waals surface area contributed by atoms with E-state index in [2.05, 4.69) is 4.98 Å². The number of hydrogen-bond donors (Lipinski definition) is 0. The molecule has 0 saturated heterocycles. The van der Waals surface area contributed by atoms with Gasteiger partial charge in [0.25, 0.3) is 0 Å².